The maximum absolute atomic E-state index is 13.5. The van der Waals surface area contributed by atoms with Gasteiger partial charge in [-0.25, -0.2) is 4.68 Å². The molecule has 0 radical (unpaired) electrons. The molecule has 0 amide bonds. The van der Waals surface area contributed by atoms with Crippen molar-refractivity contribution in [2.75, 3.05) is 13.3 Å². The largest absolute Gasteiger partial charge is 0.396 e. The number of aliphatic hydroxyl groups excluding tert-OH is 1. The minimum Gasteiger partial charge on any atom is -0.396 e. The second kappa shape index (κ2) is 9.40. The Hall–Kier alpha value is -1.89. The highest BCUT2D eigenvalue weighted by atomic mass is 19.1. The normalized spacial score (nSPS) is 36.0. The number of rotatable bonds is 8. The number of halogens is 1. The van der Waals surface area contributed by atoms with Crippen LogP contribution in [0.25, 0.3) is 11.0 Å². The first kappa shape index (κ1) is 22.9. The molecule has 2 heterocycles. The molecule has 0 spiro atoms. The van der Waals surface area contributed by atoms with Crippen molar-refractivity contribution in [1.29, 1.82) is 0 Å². The standard InChI is InChI=1S/C26H37FN4O2/c1-26-11-8-19-18(3-2-14-32)17(9-12-27)4-5-20(19)21(26)6-7-22(26)25(33)16-31-24-15-28-13-10-23(24)29-30-31/h10,13,15,17-22,32H,2-9,11-12,14,16H2,1H3/t17-,18-,19+,20+,21-,22+,26-/m0/s1. The van der Waals surface area contributed by atoms with Crippen LogP contribution in [0.5, 0.6) is 0 Å². The number of carbonyl (C=O) groups is 1. The molecule has 0 unspecified atom stereocenters. The fourth-order valence-electron chi connectivity index (χ4n) is 8.23. The van der Waals surface area contributed by atoms with Crippen molar-refractivity contribution in [3.05, 3.63) is 18.5 Å². The van der Waals surface area contributed by atoms with Crippen molar-refractivity contribution in [2.24, 2.45) is 40.9 Å². The van der Waals surface area contributed by atoms with Crippen molar-refractivity contribution in [3.63, 3.8) is 0 Å². The van der Waals surface area contributed by atoms with E-state index in [1.54, 1.807) is 17.1 Å². The van der Waals surface area contributed by atoms with E-state index >= 15 is 0 Å². The van der Waals surface area contributed by atoms with Crippen LogP contribution in [0.2, 0.25) is 0 Å². The summed E-state index contributed by atoms with van der Waals surface area (Å²) in [6.07, 6.45) is 12.5. The van der Waals surface area contributed by atoms with E-state index in [9.17, 15) is 14.3 Å². The third-order valence-electron chi connectivity index (χ3n) is 9.70. The number of aromatic nitrogens is 4. The van der Waals surface area contributed by atoms with Gasteiger partial charge in [-0.2, -0.15) is 0 Å². The molecule has 6 nitrogen and oxygen atoms in total. The summed E-state index contributed by atoms with van der Waals surface area (Å²) in [5, 5.41) is 17.8. The number of hydrogen-bond acceptors (Lipinski definition) is 5. The van der Waals surface area contributed by atoms with Crippen molar-refractivity contribution >= 4 is 16.8 Å². The van der Waals surface area contributed by atoms with Crippen LogP contribution in [-0.2, 0) is 11.3 Å². The molecule has 2 aromatic heterocycles. The molecule has 0 saturated heterocycles. The predicted molar refractivity (Wildman–Crippen MR) is 124 cm³/mol. The molecule has 7 atom stereocenters. The van der Waals surface area contributed by atoms with Crippen LogP contribution in [0.4, 0.5) is 4.39 Å². The smallest absolute Gasteiger partial charge is 0.157 e. The van der Waals surface area contributed by atoms with Gasteiger partial charge in [0.1, 0.15) is 17.6 Å². The van der Waals surface area contributed by atoms with E-state index in [0.29, 0.717) is 36.0 Å². The Kier molecular flexibility index (Phi) is 6.51. The lowest BCUT2D eigenvalue weighted by Crippen LogP contribution is -2.48. The van der Waals surface area contributed by atoms with E-state index < -0.39 is 0 Å². The van der Waals surface area contributed by atoms with Gasteiger partial charge in [0.05, 0.1) is 12.9 Å². The number of fused-ring (bicyclic) bond motifs is 4. The monoisotopic (exact) mass is 456 g/mol. The minimum atomic E-state index is -0.234. The number of nitrogens with zero attached hydrogens (tertiary/aromatic N) is 4. The first-order chi connectivity index (χ1) is 16.1. The molecule has 1 N–H and O–H groups in total. The zero-order chi connectivity index (χ0) is 23.0. The fraction of sp³-hybridized carbons (Fsp3) is 0.769. The summed E-state index contributed by atoms with van der Waals surface area (Å²) < 4.78 is 15.0. The van der Waals surface area contributed by atoms with E-state index in [1.807, 2.05) is 6.07 Å². The van der Waals surface area contributed by atoms with Crippen LogP contribution in [0, 0.1) is 40.9 Å². The Balaban J connectivity index is 1.33. The van der Waals surface area contributed by atoms with E-state index in [4.69, 9.17) is 0 Å². The highest BCUT2D eigenvalue weighted by Gasteiger charge is 2.57. The molecule has 0 aromatic carbocycles. The zero-order valence-electron chi connectivity index (χ0n) is 19.7. The van der Waals surface area contributed by atoms with Gasteiger partial charge in [0.25, 0.3) is 0 Å². The van der Waals surface area contributed by atoms with Crippen LogP contribution in [0.15, 0.2) is 18.5 Å². The van der Waals surface area contributed by atoms with Gasteiger partial charge in [0.2, 0.25) is 0 Å². The maximum atomic E-state index is 13.5. The van der Waals surface area contributed by atoms with Crippen molar-refractivity contribution in [3.8, 4) is 0 Å². The van der Waals surface area contributed by atoms with Crippen molar-refractivity contribution < 1.29 is 14.3 Å². The summed E-state index contributed by atoms with van der Waals surface area (Å²) in [7, 11) is 0. The summed E-state index contributed by atoms with van der Waals surface area (Å²) in [6, 6.07) is 1.82. The molecule has 3 aliphatic carbocycles. The van der Waals surface area contributed by atoms with Gasteiger partial charge in [-0.15, -0.1) is 5.10 Å². The molecule has 7 heteroatoms. The van der Waals surface area contributed by atoms with Gasteiger partial charge >= 0.3 is 0 Å². The molecule has 0 aliphatic heterocycles. The van der Waals surface area contributed by atoms with Crippen molar-refractivity contribution in [2.45, 2.75) is 71.3 Å². The summed E-state index contributed by atoms with van der Waals surface area (Å²) in [4.78, 5) is 17.7. The molecule has 2 aromatic rings. The average molecular weight is 457 g/mol. The Morgan fingerprint density at radius 3 is 2.91 bits per heavy atom. The highest BCUT2D eigenvalue weighted by molar-refractivity contribution is 5.84. The lowest BCUT2D eigenvalue weighted by Gasteiger charge is -2.54. The second-order valence-electron chi connectivity index (χ2n) is 11.0. The summed E-state index contributed by atoms with van der Waals surface area (Å²) in [5.41, 5.74) is 1.63. The van der Waals surface area contributed by atoms with Crippen LogP contribution >= 0.6 is 0 Å². The Morgan fingerprint density at radius 1 is 1.21 bits per heavy atom. The van der Waals surface area contributed by atoms with Crippen molar-refractivity contribution in [1.82, 2.24) is 20.0 Å². The average Bonchev–Trinajstić information content (AvgIpc) is 3.39. The van der Waals surface area contributed by atoms with Gasteiger partial charge in [-0.05, 0) is 98.9 Å². The number of carbonyl (C=O) groups excluding carboxylic acids is 1. The van der Waals surface area contributed by atoms with Crippen LogP contribution < -0.4 is 0 Å². The maximum Gasteiger partial charge on any atom is 0.157 e. The molecule has 33 heavy (non-hydrogen) atoms. The van der Waals surface area contributed by atoms with Gasteiger partial charge in [-0.3, -0.25) is 14.2 Å². The number of aliphatic hydroxyl groups is 1. The highest BCUT2D eigenvalue weighted by Crippen LogP contribution is 2.63. The van der Waals surface area contributed by atoms with E-state index in [0.717, 1.165) is 56.0 Å². The second-order valence-corrected chi connectivity index (χ2v) is 11.0. The Bertz CT molecular complexity index is 980. The quantitative estimate of drug-likeness (QED) is 0.627. The van der Waals surface area contributed by atoms with Crippen LogP contribution in [-0.4, -0.2) is 44.1 Å². The van der Waals surface area contributed by atoms with Gasteiger partial charge in [-0.1, -0.05) is 12.1 Å². The number of Topliss-reactive ketones (excluding diaryl/α,β-unsaturated/α-hetero) is 1. The molecule has 5 rings (SSSR count). The molecular weight excluding hydrogens is 419 g/mol. The summed E-state index contributed by atoms with van der Waals surface area (Å²) in [6.45, 7) is 2.62. The van der Waals surface area contributed by atoms with E-state index in [2.05, 4.69) is 22.2 Å². The molecular formula is C26H37FN4O2. The third-order valence-corrected chi connectivity index (χ3v) is 9.70. The third kappa shape index (κ3) is 4.00. The Labute approximate surface area is 195 Å². The fourth-order valence-corrected chi connectivity index (χ4v) is 8.23. The predicted octanol–water partition coefficient (Wildman–Crippen LogP) is 4.61. The van der Waals surface area contributed by atoms with Gasteiger partial charge in [0, 0.05) is 18.7 Å². The lowest BCUT2D eigenvalue weighted by molar-refractivity contribution is -0.130. The summed E-state index contributed by atoms with van der Waals surface area (Å²) in [5.74, 6) is 3.16. The molecule has 180 valence electrons. The Morgan fingerprint density at radius 2 is 2.09 bits per heavy atom. The lowest BCUT2D eigenvalue weighted by atomic mass is 9.50. The number of ketones is 1. The van der Waals surface area contributed by atoms with Gasteiger partial charge < -0.3 is 5.11 Å². The molecule has 3 fully saturated rings. The SMILES string of the molecule is C[C@]12CC[C@H]3[C@@H](CC[C@@H](CCF)[C@@H]3CCCO)[C@@H]1CC[C@@H]2C(=O)Cn1nnc2ccncc21. The first-order valence-electron chi connectivity index (χ1n) is 12.9. The zero-order valence-corrected chi connectivity index (χ0v) is 19.7. The van der Waals surface area contributed by atoms with Crippen LogP contribution in [0.3, 0.4) is 0 Å². The number of alkyl halides is 1. The van der Waals surface area contributed by atoms with E-state index in [1.165, 1.54) is 6.42 Å². The molecule has 3 saturated carbocycles. The molecule has 0 bridgehead atoms. The van der Waals surface area contributed by atoms with Crippen LogP contribution in [0.1, 0.15) is 64.7 Å². The van der Waals surface area contributed by atoms with Gasteiger partial charge in [0.15, 0.2) is 5.78 Å². The first-order valence-corrected chi connectivity index (χ1v) is 12.9. The minimum absolute atomic E-state index is 0.0430. The summed E-state index contributed by atoms with van der Waals surface area (Å²) >= 11 is 0. The number of hydrogen-bond donors (Lipinski definition) is 1. The molecule has 3 aliphatic rings. The van der Waals surface area contributed by atoms with E-state index in [-0.39, 0.29) is 36.9 Å². The topological polar surface area (TPSA) is 80.9 Å². The number of pyridine rings is 1.